The molecule has 0 bridgehead atoms. The Morgan fingerprint density at radius 2 is 2.26 bits per heavy atom. The Kier molecular flexibility index (Phi) is 4.01. The molecule has 0 aliphatic rings. The van der Waals surface area contributed by atoms with E-state index < -0.39 is 0 Å². The van der Waals surface area contributed by atoms with E-state index in [-0.39, 0.29) is 18.1 Å². The quantitative estimate of drug-likeness (QED) is 0.797. The van der Waals surface area contributed by atoms with Crippen molar-refractivity contribution < 1.29 is 13.9 Å². The van der Waals surface area contributed by atoms with Crippen LogP contribution in [0.25, 0.3) is 11.1 Å². The lowest BCUT2D eigenvalue weighted by Gasteiger charge is -2.04. The molecular weight excluding hydrogens is 248 g/mol. The van der Waals surface area contributed by atoms with Crippen LogP contribution < -0.4 is 11.5 Å². The fraction of sp³-hybridized carbons (Fsp3) is 0.385. The standard InChI is InChI=1S/C13H16N2O4/c1-15-10-8-9(2-3-11(10)19-13(15)17)5-7-18-12(16)4-6-14/h2-3,8H,4-7,14H2,1H3. The molecule has 0 radical (unpaired) electrons. The molecule has 0 atom stereocenters. The highest BCUT2D eigenvalue weighted by Gasteiger charge is 2.07. The van der Waals surface area contributed by atoms with Crippen LogP contribution in [0, 0.1) is 0 Å². The van der Waals surface area contributed by atoms with Crippen LogP contribution in [0.3, 0.4) is 0 Å². The van der Waals surface area contributed by atoms with Crippen LogP contribution in [0.4, 0.5) is 0 Å². The van der Waals surface area contributed by atoms with Crippen molar-refractivity contribution in [1.82, 2.24) is 4.57 Å². The van der Waals surface area contributed by atoms with Gasteiger partial charge in [0.15, 0.2) is 5.58 Å². The zero-order chi connectivity index (χ0) is 13.8. The van der Waals surface area contributed by atoms with Gasteiger partial charge in [0.25, 0.3) is 0 Å². The molecule has 0 unspecified atom stereocenters. The van der Waals surface area contributed by atoms with Gasteiger partial charge in [-0.1, -0.05) is 6.07 Å². The third-order valence-electron chi connectivity index (χ3n) is 2.86. The van der Waals surface area contributed by atoms with E-state index in [9.17, 15) is 9.59 Å². The Balaban J connectivity index is 2.03. The van der Waals surface area contributed by atoms with Gasteiger partial charge in [0.05, 0.1) is 18.5 Å². The minimum atomic E-state index is -0.387. The first kappa shape index (κ1) is 13.4. The van der Waals surface area contributed by atoms with E-state index >= 15 is 0 Å². The van der Waals surface area contributed by atoms with Crippen LogP contribution >= 0.6 is 0 Å². The normalized spacial score (nSPS) is 10.8. The summed E-state index contributed by atoms with van der Waals surface area (Å²) >= 11 is 0. The summed E-state index contributed by atoms with van der Waals surface area (Å²) in [6.45, 7) is 0.595. The Hall–Kier alpha value is -2.08. The number of hydrogen-bond acceptors (Lipinski definition) is 5. The van der Waals surface area contributed by atoms with Gasteiger partial charge in [0.1, 0.15) is 0 Å². The molecule has 0 fully saturated rings. The summed E-state index contributed by atoms with van der Waals surface area (Å²) in [5.41, 5.74) is 7.51. The maximum Gasteiger partial charge on any atom is 0.419 e. The van der Waals surface area contributed by atoms with Crippen molar-refractivity contribution in [3.05, 3.63) is 34.3 Å². The highest BCUT2D eigenvalue weighted by Crippen LogP contribution is 2.14. The zero-order valence-electron chi connectivity index (χ0n) is 10.7. The maximum absolute atomic E-state index is 11.3. The van der Waals surface area contributed by atoms with Gasteiger partial charge >= 0.3 is 11.7 Å². The van der Waals surface area contributed by atoms with Crippen LogP contribution in [0.5, 0.6) is 0 Å². The summed E-state index contributed by atoms with van der Waals surface area (Å²) in [4.78, 5) is 22.5. The number of nitrogens with zero attached hydrogens (tertiary/aromatic N) is 1. The summed E-state index contributed by atoms with van der Waals surface area (Å²) in [7, 11) is 1.65. The van der Waals surface area contributed by atoms with Gasteiger partial charge in [-0.05, 0) is 17.7 Å². The summed E-state index contributed by atoms with van der Waals surface area (Å²) in [6, 6.07) is 5.45. The van der Waals surface area contributed by atoms with E-state index in [2.05, 4.69) is 0 Å². The number of nitrogens with two attached hydrogens (primary N) is 1. The predicted molar refractivity (Wildman–Crippen MR) is 69.8 cm³/mol. The number of fused-ring (bicyclic) bond motifs is 1. The molecule has 2 aromatic rings. The number of rotatable bonds is 5. The molecule has 6 nitrogen and oxygen atoms in total. The number of benzene rings is 1. The van der Waals surface area contributed by atoms with Crippen molar-refractivity contribution >= 4 is 17.1 Å². The molecule has 6 heteroatoms. The molecule has 2 N–H and O–H groups in total. The Bertz CT molecular complexity index is 642. The smallest absolute Gasteiger partial charge is 0.419 e. The van der Waals surface area contributed by atoms with E-state index in [0.29, 0.717) is 25.2 Å². The van der Waals surface area contributed by atoms with Crippen LogP contribution in [0.1, 0.15) is 12.0 Å². The number of carbonyl (C=O) groups is 1. The SMILES string of the molecule is Cn1c(=O)oc2ccc(CCOC(=O)CCN)cc21. The first-order valence-corrected chi connectivity index (χ1v) is 6.06. The fourth-order valence-electron chi connectivity index (χ4n) is 1.80. The zero-order valence-corrected chi connectivity index (χ0v) is 10.7. The number of carbonyl (C=O) groups excluding carboxylic acids is 1. The number of esters is 1. The molecule has 1 aromatic carbocycles. The minimum absolute atomic E-state index is 0.231. The predicted octanol–water partition coefficient (Wildman–Crippen LogP) is 0.566. The first-order valence-electron chi connectivity index (χ1n) is 6.06. The van der Waals surface area contributed by atoms with Crippen molar-refractivity contribution in [3.8, 4) is 0 Å². The Morgan fingerprint density at radius 1 is 1.47 bits per heavy atom. The second kappa shape index (κ2) is 5.71. The second-order valence-electron chi connectivity index (χ2n) is 4.24. The van der Waals surface area contributed by atoms with E-state index in [1.807, 2.05) is 12.1 Å². The van der Waals surface area contributed by atoms with E-state index in [4.69, 9.17) is 14.9 Å². The van der Waals surface area contributed by atoms with E-state index in [0.717, 1.165) is 11.1 Å². The monoisotopic (exact) mass is 264 g/mol. The molecule has 0 spiro atoms. The van der Waals surface area contributed by atoms with Gasteiger partial charge in [-0.15, -0.1) is 0 Å². The highest BCUT2D eigenvalue weighted by atomic mass is 16.5. The van der Waals surface area contributed by atoms with Gasteiger partial charge < -0.3 is 14.9 Å². The van der Waals surface area contributed by atoms with Crippen molar-refractivity contribution in [3.63, 3.8) is 0 Å². The third-order valence-corrected chi connectivity index (χ3v) is 2.86. The summed E-state index contributed by atoms with van der Waals surface area (Å²) < 4.78 is 11.5. The van der Waals surface area contributed by atoms with Crippen LogP contribution in [0.15, 0.2) is 27.4 Å². The van der Waals surface area contributed by atoms with Crippen molar-refractivity contribution in [1.29, 1.82) is 0 Å². The largest absolute Gasteiger partial charge is 0.465 e. The second-order valence-corrected chi connectivity index (χ2v) is 4.24. The molecule has 1 aromatic heterocycles. The number of aromatic nitrogens is 1. The molecule has 1 heterocycles. The summed E-state index contributed by atoms with van der Waals surface area (Å²) in [6.07, 6.45) is 0.820. The van der Waals surface area contributed by atoms with Gasteiger partial charge in [-0.25, -0.2) is 4.79 Å². The lowest BCUT2D eigenvalue weighted by Crippen LogP contribution is -2.12. The van der Waals surface area contributed by atoms with E-state index in [1.54, 1.807) is 13.1 Å². The molecule has 0 aliphatic carbocycles. The molecule has 0 saturated carbocycles. The van der Waals surface area contributed by atoms with Gasteiger partial charge in [-0.3, -0.25) is 9.36 Å². The van der Waals surface area contributed by atoms with Crippen molar-refractivity contribution in [2.24, 2.45) is 12.8 Å². The molecule has 19 heavy (non-hydrogen) atoms. The highest BCUT2D eigenvalue weighted by molar-refractivity contribution is 5.73. The Labute approximate surface area is 109 Å². The van der Waals surface area contributed by atoms with E-state index in [1.165, 1.54) is 4.57 Å². The van der Waals surface area contributed by atoms with Crippen molar-refractivity contribution in [2.75, 3.05) is 13.2 Å². The van der Waals surface area contributed by atoms with Crippen LogP contribution in [-0.4, -0.2) is 23.7 Å². The summed E-state index contributed by atoms with van der Waals surface area (Å²) in [5.74, 6) is -0.680. The van der Waals surface area contributed by atoms with Crippen LogP contribution in [0.2, 0.25) is 0 Å². The number of ether oxygens (including phenoxy) is 1. The lowest BCUT2D eigenvalue weighted by atomic mass is 10.1. The third kappa shape index (κ3) is 3.03. The molecule has 0 aliphatic heterocycles. The lowest BCUT2D eigenvalue weighted by molar-refractivity contribution is -0.143. The molecular formula is C13H16N2O4. The Morgan fingerprint density at radius 3 is 3.00 bits per heavy atom. The van der Waals surface area contributed by atoms with Gasteiger partial charge in [0, 0.05) is 20.0 Å². The number of hydrogen-bond donors (Lipinski definition) is 1. The number of oxazole rings is 1. The van der Waals surface area contributed by atoms with Gasteiger partial charge in [0.2, 0.25) is 0 Å². The molecule has 0 amide bonds. The molecule has 2 rings (SSSR count). The molecule has 102 valence electrons. The van der Waals surface area contributed by atoms with Crippen LogP contribution in [-0.2, 0) is 23.0 Å². The first-order chi connectivity index (χ1) is 9.11. The number of aryl methyl sites for hydroxylation is 1. The average molecular weight is 264 g/mol. The maximum atomic E-state index is 11.3. The minimum Gasteiger partial charge on any atom is -0.465 e. The topological polar surface area (TPSA) is 87.5 Å². The average Bonchev–Trinajstić information content (AvgIpc) is 2.66. The summed E-state index contributed by atoms with van der Waals surface area (Å²) in [5, 5.41) is 0. The molecule has 0 saturated heterocycles. The van der Waals surface area contributed by atoms with Gasteiger partial charge in [-0.2, -0.15) is 0 Å². The fourth-order valence-corrected chi connectivity index (χ4v) is 1.80. The van der Waals surface area contributed by atoms with Crippen molar-refractivity contribution in [2.45, 2.75) is 12.8 Å².